The number of rotatable bonds is 4. The van der Waals surface area contributed by atoms with Gasteiger partial charge in [0.15, 0.2) is 0 Å². The van der Waals surface area contributed by atoms with Crippen LogP contribution in [0.3, 0.4) is 0 Å². The molecule has 1 saturated carbocycles. The molecule has 0 spiro atoms. The van der Waals surface area contributed by atoms with Crippen LogP contribution in [-0.4, -0.2) is 46.5 Å². The molecule has 1 aromatic heterocycles. The van der Waals surface area contributed by atoms with Crippen molar-refractivity contribution in [2.45, 2.75) is 62.3 Å². The van der Waals surface area contributed by atoms with Gasteiger partial charge in [-0.2, -0.15) is 18.4 Å². The molecule has 2 unspecified atom stereocenters. The van der Waals surface area contributed by atoms with Gasteiger partial charge in [0.25, 0.3) is 0 Å². The quantitative estimate of drug-likeness (QED) is 0.710. The number of fused-ring (bicyclic) bond motifs is 3. The average molecular weight is 470 g/mol. The fourth-order valence-electron chi connectivity index (χ4n) is 5.65. The number of anilines is 2. The number of piperidine rings is 2. The third-order valence-electron chi connectivity index (χ3n) is 7.37. The highest BCUT2D eigenvalue weighted by molar-refractivity contribution is 5.90. The highest BCUT2D eigenvalue weighted by atomic mass is 19.4. The van der Waals surface area contributed by atoms with E-state index in [1.165, 1.54) is 6.07 Å². The van der Waals surface area contributed by atoms with Crippen LogP contribution in [0.2, 0.25) is 0 Å². The topological polar surface area (TPSA) is 72.3 Å². The first kappa shape index (κ1) is 22.5. The Morgan fingerprint density at radius 2 is 1.76 bits per heavy atom. The van der Waals surface area contributed by atoms with E-state index < -0.39 is 17.4 Å². The van der Waals surface area contributed by atoms with Gasteiger partial charge in [-0.25, -0.2) is 4.98 Å². The maximum atomic E-state index is 13.9. The number of hydrogen-bond donors (Lipinski definition) is 1. The van der Waals surface area contributed by atoms with Gasteiger partial charge in [-0.3, -0.25) is 4.79 Å². The number of benzene rings is 1. The lowest BCUT2D eigenvalue weighted by Crippen LogP contribution is -2.68. The Bertz CT molecular complexity index is 1100. The SMILES string of the molecule is N#Cc1ccc(NC2(C(=O)N3CC4CCC3CN4c3cccc(C(F)(F)F)n3)CCCC2)cc1. The summed E-state index contributed by atoms with van der Waals surface area (Å²) >= 11 is 0. The van der Waals surface area contributed by atoms with Crippen LogP contribution in [0.5, 0.6) is 0 Å². The minimum Gasteiger partial charge on any atom is -0.371 e. The number of alkyl halides is 3. The Morgan fingerprint density at radius 1 is 1.06 bits per heavy atom. The first-order valence-electron chi connectivity index (χ1n) is 11.7. The molecule has 1 amide bonds. The molecule has 4 aliphatic rings. The smallest absolute Gasteiger partial charge is 0.371 e. The molecular weight excluding hydrogens is 443 g/mol. The van der Waals surface area contributed by atoms with Crippen molar-refractivity contribution in [2.24, 2.45) is 0 Å². The number of carbonyl (C=O) groups excluding carboxylic acids is 1. The fraction of sp³-hybridized carbons (Fsp3) is 0.480. The van der Waals surface area contributed by atoms with Gasteiger partial charge in [-0.05, 0) is 62.1 Å². The summed E-state index contributed by atoms with van der Waals surface area (Å²) in [5.74, 6) is 0.392. The molecular formula is C25H26F3N5O. The Labute approximate surface area is 196 Å². The second kappa shape index (κ2) is 8.49. The van der Waals surface area contributed by atoms with Crippen molar-refractivity contribution in [3.63, 3.8) is 0 Å². The number of nitrogens with zero attached hydrogens (tertiary/aromatic N) is 4. The molecule has 6 rings (SSSR count). The molecule has 2 aromatic rings. The highest BCUT2D eigenvalue weighted by Crippen LogP contribution is 2.39. The minimum absolute atomic E-state index is 0.0571. The van der Waals surface area contributed by atoms with Gasteiger partial charge in [0, 0.05) is 30.9 Å². The summed E-state index contributed by atoms with van der Waals surface area (Å²) in [4.78, 5) is 21.7. The molecule has 0 radical (unpaired) electrons. The zero-order chi connectivity index (χ0) is 23.9. The summed E-state index contributed by atoms with van der Waals surface area (Å²) in [5, 5.41) is 12.5. The van der Waals surface area contributed by atoms with Crippen molar-refractivity contribution >= 4 is 17.4 Å². The van der Waals surface area contributed by atoms with E-state index in [0.29, 0.717) is 24.5 Å². The maximum absolute atomic E-state index is 13.9. The van der Waals surface area contributed by atoms with Crippen LogP contribution in [0, 0.1) is 11.3 Å². The number of aromatic nitrogens is 1. The van der Waals surface area contributed by atoms with Crippen LogP contribution >= 0.6 is 0 Å². The van der Waals surface area contributed by atoms with Crippen LogP contribution in [0.15, 0.2) is 42.5 Å². The Balaban J connectivity index is 1.35. The zero-order valence-electron chi connectivity index (χ0n) is 18.7. The van der Waals surface area contributed by atoms with E-state index in [2.05, 4.69) is 16.4 Å². The number of hydrogen-bond acceptors (Lipinski definition) is 5. The van der Waals surface area contributed by atoms with E-state index in [-0.39, 0.29) is 18.0 Å². The standard InChI is InChI=1S/C25H26F3N5O/c26-25(27,28)21-4-3-5-22(30-21)32-15-20-11-10-19(32)16-33(20)23(34)24(12-1-2-13-24)31-18-8-6-17(14-29)7-9-18/h3-9,19-20,31H,1-2,10-13,15-16H2. The van der Waals surface area contributed by atoms with Gasteiger partial charge in [0.1, 0.15) is 17.1 Å². The summed E-state index contributed by atoms with van der Waals surface area (Å²) in [6.45, 7) is 0.968. The lowest BCUT2D eigenvalue weighted by Gasteiger charge is -2.53. The predicted molar refractivity (Wildman–Crippen MR) is 121 cm³/mol. The van der Waals surface area contributed by atoms with Gasteiger partial charge in [-0.1, -0.05) is 18.9 Å². The molecule has 3 saturated heterocycles. The third kappa shape index (κ3) is 4.06. The molecule has 178 valence electrons. The van der Waals surface area contributed by atoms with Crippen molar-refractivity contribution < 1.29 is 18.0 Å². The molecule has 1 N–H and O–H groups in total. The van der Waals surface area contributed by atoms with Gasteiger partial charge in [0.05, 0.1) is 11.6 Å². The van der Waals surface area contributed by atoms with Gasteiger partial charge < -0.3 is 15.1 Å². The Morgan fingerprint density at radius 3 is 2.38 bits per heavy atom. The monoisotopic (exact) mass is 469 g/mol. The van der Waals surface area contributed by atoms with E-state index in [0.717, 1.165) is 50.3 Å². The van der Waals surface area contributed by atoms with E-state index >= 15 is 0 Å². The molecule has 1 aromatic carbocycles. The van der Waals surface area contributed by atoms with Crippen LogP contribution in [0.25, 0.3) is 0 Å². The number of carbonyl (C=O) groups is 1. The number of piperazine rings is 1. The normalized spacial score (nSPS) is 23.6. The average Bonchev–Trinajstić information content (AvgIpc) is 3.33. The molecule has 6 nitrogen and oxygen atoms in total. The molecule has 9 heteroatoms. The van der Waals surface area contributed by atoms with Crippen molar-refractivity contribution in [3.8, 4) is 6.07 Å². The van der Waals surface area contributed by atoms with Crippen molar-refractivity contribution in [2.75, 3.05) is 23.3 Å². The molecule has 1 aliphatic carbocycles. The lowest BCUT2D eigenvalue weighted by molar-refractivity contribution is -0.141. The van der Waals surface area contributed by atoms with Crippen molar-refractivity contribution in [1.29, 1.82) is 5.26 Å². The summed E-state index contributed by atoms with van der Waals surface area (Å²) in [6, 6.07) is 13.1. The van der Waals surface area contributed by atoms with E-state index in [4.69, 9.17) is 5.26 Å². The summed E-state index contributed by atoms with van der Waals surface area (Å²) < 4.78 is 39.5. The lowest BCUT2D eigenvalue weighted by atomic mass is 9.86. The molecule has 3 aliphatic heterocycles. The number of pyridine rings is 1. The molecule has 34 heavy (non-hydrogen) atoms. The number of nitriles is 1. The first-order valence-corrected chi connectivity index (χ1v) is 11.7. The predicted octanol–water partition coefficient (Wildman–Crippen LogP) is 4.58. The van der Waals surface area contributed by atoms with Crippen molar-refractivity contribution in [3.05, 3.63) is 53.7 Å². The van der Waals surface area contributed by atoms with E-state index in [1.54, 1.807) is 18.2 Å². The van der Waals surface area contributed by atoms with Gasteiger partial charge in [-0.15, -0.1) is 0 Å². The van der Waals surface area contributed by atoms with Gasteiger partial charge >= 0.3 is 6.18 Å². The molecule has 4 fully saturated rings. The zero-order valence-corrected chi connectivity index (χ0v) is 18.7. The summed E-state index contributed by atoms with van der Waals surface area (Å²) in [7, 11) is 0. The second-order valence-corrected chi connectivity index (χ2v) is 9.48. The first-order chi connectivity index (χ1) is 16.3. The van der Waals surface area contributed by atoms with Gasteiger partial charge in [0.2, 0.25) is 5.91 Å². The largest absolute Gasteiger partial charge is 0.433 e. The highest BCUT2D eigenvalue weighted by Gasteiger charge is 2.49. The van der Waals surface area contributed by atoms with Crippen LogP contribution < -0.4 is 10.2 Å². The fourth-order valence-corrected chi connectivity index (χ4v) is 5.65. The Hall–Kier alpha value is -3.28. The molecule has 2 atom stereocenters. The molecule has 2 bridgehead atoms. The second-order valence-electron chi connectivity index (χ2n) is 9.48. The van der Waals surface area contributed by atoms with E-state index in [9.17, 15) is 18.0 Å². The van der Waals surface area contributed by atoms with Crippen molar-refractivity contribution in [1.82, 2.24) is 9.88 Å². The Kier molecular flexibility index (Phi) is 5.62. The molecule has 4 heterocycles. The van der Waals surface area contributed by atoms with Crippen LogP contribution in [0.4, 0.5) is 24.7 Å². The number of halogens is 3. The summed E-state index contributed by atoms with van der Waals surface area (Å²) in [5.41, 5.74) is -0.207. The maximum Gasteiger partial charge on any atom is 0.433 e. The van der Waals surface area contributed by atoms with Crippen LogP contribution in [0.1, 0.15) is 49.8 Å². The number of amides is 1. The number of nitrogens with one attached hydrogen (secondary N) is 1. The summed E-state index contributed by atoms with van der Waals surface area (Å²) in [6.07, 6.45) is 0.547. The minimum atomic E-state index is -4.49. The third-order valence-corrected chi connectivity index (χ3v) is 7.37. The van der Waals surface area contributed by atoms with Crippen LogP contribution in [-0.2, 0) is 11.0 Å². The van der Waals surface area contributed by atoms with E-state index in [1.807, 2.05) is 21.9 Å².